The molecule has 1 N–H and O–H groups in total. The van der Waals surface area contributed by atoms with E-state index in [0.29, 0.717) is 16.3 Å². The quantitative estimate of drug-likeness (QED) is 0.800. The van der Waals surface area contributed by atoms with Gasteiger partial charge in [0.25, 0.3) is 5.91 Å². The van der Waals surface area contributed by atoms with Crippen molar-refractivity contribution in [1.82, 2.24) is 0 Å². The molecule has 0 aliphatic heterocycles. The molecule has 0 spiro atoms. The number of carbonyl (C=O) groups is 1. The SMILES string of the molecule is I.O=C(Nc1cccc(Cl)c1)c1ccccc1. The van der Waals surface area contributed by atoms with Crippen LogP contribution in [0.3, 0.4) is 0 Å². The van der Waals surface area contributed by atoms with Crippen molar-refractivity contribution < 1.29 is 4.79 Å². The lowest BCUT2D eigenvalue weighted by Crippen LogP contribution is -2.11. The van der Waals surface area contributed by atoms with E-state index in [1.165, 1.54) is 0 Å². The number of anilines is 1. The zero-order valence-electron chi connectivity index (χ0n) is 8.89. The number of hydrogen-bond donors (Lipinski definition) is 1. The lowest BCUT2D eigenvalue weighted by Gasteiger charge is -2.04. The smallest absolute Gasteiger partial charge is 0.255 e. The summed E-state index contributed by atoms with van der Waals surface area (Å²) < 4.78 is 0. The number of hydrogen-bond acceptors (Lipinski definition) is 1. The highest BCUT2D eigenvalue weighted by Crippen LogP contribution is 2.15. The second-order valence-electron chi connectivity index (χ2n) is 3.33. The van der Waals surface area contributed by atoms with E-state index in [9.17, 15) is 4.79 Å². The summed E-state index contributed by atoms with van der Waals surface area (Å²) in [6.07, 6.45) is 0. The summed E-state index contributed by atoms with van der Waals surface area (Å²) in [5, 5.41) is 3.38. The highest BCUT2D eigenvalue weighted by atomic mass is 127. The van der Waals surface area contributed by atoms with Gasteiger partial charge >= 0.3 is 0 Å². The summed E-state index contributed by atoms with van der Waals surface area (Å²) in [6, 6.07) is 16.1. The number of carbonyl (C=O) groups excluding carboxylic acids is 1. The summed E-state index contributed by atoms with van der Waals surface area (Å²) >= 11 is 5.82. The molecule has 0 bridgehead atoms. The van der Waals surface area contributed by atoms with Gasteiger partial charge in [0, 0.05) is 16.3 Å². The highest BCUT2D eigenvalue weighted by molar-refractivity contribution is 14.0. The molecule has 17 heavy (non-hydrogen) atoms. The van der Waals surface area contributed by atoms with Gasteiger partial charge < -0.3 is 5.32 Å². The molecule has 2 rings (SSSR count). The summed E-state index contributed by atoms with van der Waals surface area (Å²) in [5.41, 5.74) is 1.32. The molecular formula is C13H11ClINO. The van der Waals surface area contributed by atoms with Gasteiger partial charge in [0.2, 0.25) is 0 Å². The lowest BCUT2D eigenvalue weighted by atomic mass is 10.2. The molecule has 88 valence electrons. The minimum absolute atomic E-state index is 0. The van der Waals surface area contributed by atoms with E-state index < -0.39 is 0 Å². The predicted molar refractivity (Wildman–Crippen MR) is 81.3 cm³/mol. The number of halogens is 2. The first-order valence-corrected chi connectivity index (χ1v) is 5.25. The molecule has 0 saturated carbocycles. The monoisotopic (exact) mass is 359 g/mol. The summed E-state index contributed by atoms with van der Waals surface area (Å²) in [4.78, 5) is 11.8. The van der Waals surface area contributed by atoms with Crippen molar-refractivity contribution in [3.63, 3.8) is 0 Å². The molecule has 0 aromatic heterocycles. The Kier molecular flexibility index (Phi) is 5.44. The third-order valence-corrected chi connectivity index (χ3v) is 2.35. The van der Waals surface area contributed by atoms with Gasteiger partial charge in [-0.3, -0.25) is 4.79 Å². The number of amides is 1. The Hall–Kier alpha value is -1.07. The molecule has 0 aliphatic rings. The van der Waals surface area contributed by atoms with Crippen LogP contribution in [0.4, 0.5) is 5.69 Å². The topological polar surface area (TPSA) is 29.1 Å². The van der Waals surface area contributed by atoms with Crippen LogP contribution < -0.4 is 5.32 Å². The van der Waals surface area contributed by atoms with Crippen LogP contribution in [0.5, 0.6) is 0 Å². The Bertz CT molecular complexity index is 502. The molecule has 2 nitrogen and oxygen atoms in total. The average molecular weight is 360 g/mol. The molecule has 0 saturated heterocycles. The maximum Gasteiger partial charge on any atom is 0.255 e. The fraction of sp³-hybridized carbons (Fsp3) is 0. The Morgan fingerprint density at radius 3 is 2.35 bits per heavy atom. The third kappa shape index (κ3) is 4.02. The molecule has 2 aromatic rings. The van der Waals surface area contributed by atoms with Crippen molar-refractivity contribution in [2.45, 2.75) is 0 Å². The maximum absolute atomic E-state index is 11.8. The molecule has 0 fully saturated rings. The predicted octanol–water partition coefficient (Wildman–Crippen LogP) is 4.21. The van der Waals surface area contributed by atoms with Gasteiger partial charge in [0.05, 0.1) is 0 Å². The standard InChI is InChI=1S/C13H10ClNO.HI/c14-11-7-4-8-12(9-11)15-13(16)10-5-2-1-3-6-10;/h1-9H,(H,15,16);1H. The molecule has 0 radical (unpaired) electrons. The first-order chi connectivity index (χ1) is 7.75. The summed E-state index contributed by atoms with van der Waals surface area (Å²) in [7, 11) is 0. The molecule has 0 atom stereocenters. The van der Waals surface area contributed by atoms with Gasteiger partial charge in [-0.25, -0.2) is 0 Å². The molecule has 0 aliphatic carbocycles. The fourth-order valence-electron chi connectivity index (χ4n) is 1.36. The largest absolute Gasteiger partial charge is 0.322 e. The summed E-state index contributed by atoms with van der Waals surface area (Å²) in [5.74, 6) is -0.136. The van der Waals surface area contributed by atoms with Crippen molar-refractivity contribution >= 4 is 47.2 Å². The number of benzene rings is 2. The van der Waals surface area contributed by atoms with Crippen LogP contribution in [-0.2, 0) is 0 Å². The molecular weight excluding hydrogens is 349 g/mol. The van der Waals surface area contributed by atoms with Crippen LogP contribution in [0.15, 0.2) is 54.6 Å². The Morgan fingerprint density at radius 1 is 1.00 bits per heavy atom. The van der Waals surface area contributed by atoms with E-state index in [1.54, 1.807) is 36.4 Å². The van der Waals surface area contributed by atoms with Crippen molar-refractivity contribution in [2.75, 3.05) is 5.32 Å². The van der Waals surface area contributed by atoms with Gasteiger partial charge in [-0.15, -0.1) is 24.0 Å². The van der Waals surface area contributed by atoms with Crippen LogP contribution in [0, 0.1) is 0 Å². The van der Waals surface area contributed by atoms with Gasteiger partial charge in [-0.2, -0.15) is 0 Å². The van der Waals surface area contributed by atoms with Crippen LogP contribution in [0.1, 0.15) is 10.4 Å². The van der Waals surface area contributed by atoms with Crippen molar-refractivity contribution in [3.05, 3.63) is 65.2 Å². The highest BCUT2D eigenvalue weighted by Gasteiger charge is 2.04. The number of nitrogens with one attached hydrogen (secondary N) is 1. The van der Waals surface area contributed by atoms with E-state index in [-0.39, 0.29) is 29.9 Å². The van der Waals surface area contributed by atoms with Gasteiger partial charge in [0.1, 0.15) is 0 Å². The van der Waals surface area contributed by atoms with Gasteiger partial charge in [-0.05, 0) is 30.3 Å². The minimum atomic E-state index is -0.136. The van der Waals surface area contributed by atoms with Crippen molar-refractivity contribution in [3.8, 4) is 0 Å². The Morgan fingerprint density at radius 2 is 1.71 bits per heavy atom. The minimum Gasteiger partial charge on any atom is -0.322 e. The van der Waals surface area contributed by atoms with Gasteiger partial charge in [0.15, 0.2) is 0 Å². The zero-order valence-corrected chi connectivity index (χ0v) is 12.0. The fourth-order valence-corrected chi connectivity index (χ4v) is 1.55. The molecule has 1 amide bonds. The van der Waals surface area contributed by atoms with Crippen molar-refractivity contribution in [1.29, 1.82) is 0 Å². The average Bonchev–Trinajstić information content (AvgIpc) is 2.30. The zero-order chi connectivity index (χ0) is 11.4. The van der Waals surface area contributed by atoms with E-state index in [0.717, 1.165) is 0 Å². The second kappa shape index (κ2) is 6.61. The van der Waals surface area contributed by atoms with Crippen LogP contribution in [0.25, 0.3) is 0 Å². The molecule has 0 unspecified atom stereocenters. The first-order valence-electron chi connectivity index (χ1n) is 4.88. The summed E-state index contributed by atoms with van der Waals surface area (Å²) in [6.45, 7) is 0. The van der Waals surface area contributed by atoms with E-state index in [2.05, 4.69) is 5.32 Å². The lowest BCUT2D eigenvalue weighted by molar-refractivity contribution is 0.102. The normalized spacial score (nSPS) is 9.24. The van der Waals surface area contributed by atoms with E-state index in [1.807, 2.05) is 18.2 Å². The van der Waals surface area contributed by atoms with Crippen molar-refractivity contribution in [2.24, 2.45) is 0 Å². The number of rotatable bonds is 2. The van der Waals surface area contributed by atoms with Crippen LogP contribution >= 0.6 is 35.6 Å². The maximum atomic E-state index is 11.8. The first kappa shape index (κ1) is 14.0. The Labute approximate surface area is 122 Å². The van der Waals surface area contributed by atoms with E-state index >= 15 is 0 Å². The molecule has 4 heteroatoms. The van der Waals surface area contributed by atoms with Crippen LogP contribution in [-0.4, -0.2) is 5.91 Å². The third-order valence-electron chi connectivity index (χ3n) is 2.12. The van der Waals surface area contributed by atoms with Gasteiger partial charge in [-0.1, -0.05) is 35.9 Å². The second-order valence-corrected chi connectivity index (χ2v) is 3.77. The van der Waals surface area contributed by atoms with Crippen LogP contribution in [0.2, 0.25) is 5.02 Å². The Balaban J connectivity index is 0.00000144. The molecule has 2 aromatic carbocycles. The molecule has 0 heterocycles. The van der Waals surface area contributed by atoms with E-state index in [4.69, 9.17) is 11.6 Å².